The first-order chi connectivity index (χ1) is 9.70. The SMILES string of the molecule is CCNc1ncc(C(=O)NCCC2CCOC2)cc1Cl. The fourth-order valence-electron chi connectivity index (χ4n) is 2.16. The summed E-state index contributed by atoms with van der Waals surface area (Å²) in [6, 6.07) is 1.64. The number of amides is 1. The summed E-state index contributed by atoms with van der Waals surface area (Å²) >= 11 is 6.07. The molecule has 2 N–H and O–H groups in total. The number of aromatic nitrogens is 1. The number of halogens is 1. The van der Waals surface area contributed by atoms with Crippen molar-refractivity contribution in [3.63, 3.8) is 0 Å². The van der Waals surface area contributed by atoms with E-state index in [9.17, 15) is 4.79 Å². The van der Waals surface area contributed by atoms with Crippen LogP contribution in [0.5, 0.6) is 0 Å². The van der Waals surface area contributed by atoms with Crippen LogP contribution in [0.2, 0.25) is 5.02 Å². The van der Waals surface area contributed by atoms with Gasteiger partial charge in [0, 0.05) is 32.5 Å². The minimum absolute atomic E-state index is 0.138. The Morgan fingerprint density at radius 1 is 1.60 bits per heavy atom. The molecule has 1 unspecified atom stereocenters. The molecule has 5 nitrogen and oxygen atoms in total. The van der Waals surface area contributed by atoms with Gasteiger partial charge in [0.2, 0.25) is 0 Å². The third kappa shape index (κ3) is 4.08. The van der Waals surface area contributed by atoms with Crippen molar-refractivity contribution in [3.05, 3.63) is 22.8 Å². The second kappa shape index (κ2) is 7.45. The zero-order valence-corrected chi connectivity index (χ0v) is 12.4. The topological polar surface area (TPSA) is 63.2 Å². The number of carbonyl (C=O) groups is 1. The predicted octanol–water partition coefficient (Wildman–Crippen LogP) is 2.32. The first-order valence-corrected chi connectivity index (χ1v) is 7.34. The maximum atomic E-state index is 12.0. The van der Waals surface area contributed by atoms with E-state index < -0.39 is 0 Å². The van der Waals surface area contributed by atoms with E-state index in [1.165, 1.54) is 6.20 Å². The highest BCUT2D eigenvalue weighted by Crippen LogP contribution is 2.20. The van der Waals surface area contributed by atoms with Crippen LogP contribution in [0.25, 0.3) is 0 Å². The lowest BCUT2D eigenvalue weighted by atomic mass is 10.1. The zero-order chi connectivity index (χ0) is 14.4. The molecule has 2 heterocycles. The summed E-state index contributed by atoms with van der Waals surface area (Å²) in [5, 5.41) is 6.39. The van der Waals surface area contributed by atoms with Gasteiger partial charge in [-0.15, -0.1) is 0 Å². The Bertz CT molecular complexity index is 462. The second-order valence-electron chi connectivity index (χ2n) is 4.86. The Hall–Kier alpha value is -1.33. The fraction of sp³-hybridized carbons (Fsp3) is 0.571. The molecule has 0 spiro atoms. The van der Waals surface area contributed by atoms with Crippen molar-refractivity contribution in [1.82, 2.24) is 10.3 Å². The molecule has 6 heteroatoms. The van der Waals surface area contributed by atoms with Crippen LogP contribution < -0.4 is 10.6 Å². The largest absolute Gasteiger partial charge is 0.381 e. The van der Waals surface area contributed by atoms with Crippen molar-refractivity contribution in [2.24, 2.45) is 5.92 Å². The van der Waals surface area contributed by atoms with Crippen LogP contribution in [0.3, 0.4) is 0 Å². The highest BCUT2D eigenvalue weighted by Gasteiger charge is 2.16. The van der Waals surface area contributed by atoms with Crippen LogP contribution >= 0.6 is 11.6 Å². The number of ether oxygens (including phenoxy) is 1. The van der Waals surface area contributed by atoms with Gasteiger partial charge < -0.3 is 15.4 Å². The lowest BCUT2D eigenvalue weighted by molar-refractivity contribution is 0.0950. The summed E-state index contributed by atoms with van der Waals surface area (Å²) in [6.07, 6.45) is 3.57. The molecule has 1 aromatic rings. The molecule has 0 bridgehead atoms. The van der Waals surface area contributed by atoms with E-state index in [2.05, 4.69) is 15.6 Å². The number of pyridine rings is 1. The van der Waals surface area contributed by atoms with E-state index in [0.29, 0.717) is 28.9 Å². The monoisotopic (exact) mass is 297 g/mol. The average molecular weight is 298 g/mol. The average Bonchev–Trinajstić information content (AvgIpc) is 2.94. The molecular weight excluding hydrogens is 278 g/mol. The van der Waals surface area contributed by atoms with E-state index in [-0.39, 0.29) is 5.91 Å². The lowest BCUT2D eigenvalue weighted by Crippen LogP contribution is -2.26. The highest BCUT2D eigenvalue weighted by atomic mass is 35.5. The van der Waals surface area contributed by atoms with Crippen LogP contribution in [0.4, 0.5) is 5.82 Å². The predicted molar refractivity (Wildman–Crippen MR) is 79.3 cm³/mol. The van der Waals surface area contributed by atoms with Crippen molar-refractivity contribution in [3.8, 4) is 0 Å². The summed E-state index contributed by atoms with van der Waals surface area (Å²) in [4.78, 5) is 16.1. The Morgan fingerprint density at radius 2 is 2.45 bits per heavy atom. The fourth-order valence-corrected chi connectivity index (χ4v) is 2.40. The Kier molecular flexibility index (Phi) is 5.61. The number of hydrogen-bond donors (Lipinski definition) is 2. The van der Waals surface area contributed by atoms with E-state index in [1.54, 1.807) is 6.07 Å². The van der Waals surface area contributed by atoms with E-state index in [0.717, 1.165) is 32.6 Å². The molecule has 0 aromatic carbocycles. The molecule has 0 saturated carbocycles. The summed E-state index contributed by atoms with van der Waals surface area (Å²) < 4.78 is 5.30. The smallest absolute Gasteiger partial charge is 0.252 e. The van der Waals surface area contributed by atoms with Gasteiger partial charge in [-0.1, -0.05) is 11.6 Å². The molecule has 110 valence electrons. The number of anilines is 1. The van der Waals surface area contributed by atoms with Crippen molar-refractivity contribution in [2.75, 3.05) is 31.6 Å². The molecule has 1 amide bonds. The maximum Gasteiger partial charge on any atom is 0.252 e. The quantitative estimate of drug-likeness (QED) is 0.846. The van der Waals surface area contributed by atoms with Gasteiger partial charge in [0.1, 0.15) is 5.82 Å². The first-order valence-electron chi connectivity index (χ1n) is 6.96. The van der Waals surface area contributed by atoms with Gasteiger partial charge in [-0.2, -0.15) is 0 Å². The number of rotatable bonds is 6. The Labute approximate surface area is 124 Å². The molecule has 1 aliphatic rings. The zero-order valence-electron chi connectivity index (χ0n) is 11.6. The molecule has 20 heavy (non-hydrogen) atoms. The third-order valence-corrected chi connectivity index (χ3v) is 3.60. The van der Waals surface area contributed by atoms with Crippen LogP contribution in [-0.4, -0.2) is 37.2 Å². The van der Waals surface area contributed by atoms with E-state index >= 15 is 0 Å². The van der Waals surface area contributed by atoms with E-state index in [4.69, 9.17) is 16.3 Å². The normalized spacial score (nSPS) is 18.0. The number of carbonyl (C=O) groups excluding carboxylic acids is 1. The molecule has 1 aliphatic heterocycles. The van der Waals surface area contributed by atoms with Gasteiger partial charge in [-0.25, -0.2) is 4.98 Å². The van der Waals surface area contributed by atoms with Crippen LogP contribution in [0.15, 0.2) is 12.3 Å². The van der Waals surface area contributed by atoms with Crippen LogP contribution in [-0.2, 0) is 4.74 Å². The van der Waals surface area contributed by atoms with Gasteiger partial charge in [0.15, 0.2) is 0 Å². The van der Waals surface area contributed by atoms with Gasteiger partial charge >= 0.3 is 0 Å². The minimum atomic E-state index is -0.138. The van der Waals surface area contributed by atoms with Gasteiger partial charge in [0.05, 0.1) is 10.6 Å². The molecule has 0 aliphatic carbocycles. The van der Waals surface area contributed by atoms with Gasteiger partial charge in [-0.05, 0) is 31.7 Å². The standard InChI is InChI=1S/C14H20ClN3O2/c1-2-16-13-12(15)7-11(8-18-13)14(19)17-5-3-10-4-6-20-9-10/h7-8,10H,2-6,9H2,1H3,(H,16,18)(H,17,19). The molecule has 1 saturated heterocycles. The summed E-state index contributed by atoms with van der Waals surface area (Å²) in [5.41, 5.74) is 0.485. The van der Waals surface area contributed by atoms with Crippen molar-refractivity contribution >= 4 is 23.3 Å². The highest BCUT2D eigenvalue weighted by molar-refractivity contribution is 6.33. The molecule has 2 rings (SSSR count). The molecule has 1 fully saturated rings. The third-order valence-electron chi connectivity index (χ3n) is 3.31. The molecule has 1 aromatic heterocycles. The minimum Gasteiger partial charge on any atom is -0.381 e. The molecule has 1 atom stereocenters. The summed E-state index contributed by atoms with van der Waals surface area (Å²) in [7, 11) is 0. The van der Waals surface area contributed by atoms with Gasteiger partial charge in [-0.3, -0.25) is 4.79 Å². The maximum absolute atomic E-state index is 12.0. The first kappa shape index (κ1) is 15.1. The van der Waals surface area contributed by atoms with Crippen molar-refractivity contribution in [2.45, 2.75) is 19.8 Å². The van der Waals surface area contributed by atoms with E-state index in [1.807, 2.05) is 6.92 Å². The molecule has 0 radical (unpaired) electrons. The Balaban J connectivity index is 1.83. The van der Waals surface area contributed by atoms with Gasteiger partial charge in [0.25, 0.3) is 5.91 Å². The lowest BCUT2D eigenvalue weighted by Gasteiger charge is -2.10. The Morgan fingerprint density at radius 3 is 3.10 bits per heavy atom. The number of nitrogens with zero attached hydrogens (tertiary/aromatic N) is 1. The summed E-state index contributed by atoms with van der Waals surface area (Å²) in [6.45, 7) is 5.00. The number of nitrogens with one attached hydrogen (secondary N) is 2. The van der Waals surface area contributed by atoms with Crippen molar-refractivity contribution in [1.29, 1.82) is 0 Å². The number of hydrogen-bond acceptors (Lipinski definition) is 4. The van der Waals surface area contributed by atoms with Crippen LogP contribution in [0, 0.1) is 5.92 Å². The molecular formula is C14H20ClN3O2. The van der Waals surface area contributed by atoms with Crippen LogP contribution in [0.1, 0.15) is 30.1 Å². The van der Waals surface area contributed by atoms with Crippen molar-refractivity contribution < 1.29 is 9.53 Å². The second-order valence-corrected chi connectivity index (χ2v) is 5.27. The summed E-state index contributed by atoms with van der Waals surface area (Å²) in [5.74, 6) is 1.03.